The number of carbonyl (C=O) groups excluding carboxylic acids is 1. The molecule has 2 N–H and O–H groups in total. The highest BCUT2D eigenvalue weighted by atomic mass is 35.5. The van der Waals surface area contributed by atoms with Crippen LogP contribution in [-0.2, 0) is 0 Å². The fourth-order valence-electron chi connectivity index (χ4n) is 2.13. The van der Waals surface area contributed by atoms with E-state index in [0.717, 1.165) is 25.9 Å². The monoisotopic (exact) mass is 253 g/mol. The summed E-state index contributed by atoms with van der Waals surface area (Å²) in [5.41, 5.74) is 6.25. The van der Waals surface area contributed by atoms with Crippen molar-refractivity contribution in [2.24, 2.45) is 11.7 Å². The van der Waals surface area contributed by atoms with E-state index in [9.17, 15) is 4.79 Å². The van der Waals surface area contributed by atoms with Crippen molar-refractivity contribution < 1.29 is 4.79 Å². The Labute approximate surface area is 106 Å². The number of carbonyl (C=O) groups is 1. The number of hydrogen-bond acceptors (Lipinski definition) is 3. The lowest BCUT2D eigenvalue weighted by Gasteiger charge is -2.32. The van der Waals surface area contributed by atoms with Crippen LogP contribution < -0.4 is 5.73 Å². The molecule has 1 aliphatic heterocycles. The number of aromatic nitrogens is 1. The van der Waals surface area contributed by atoms with E-state index in [2.05, 4.69) is 4.98 Å². The Morgan fingerprint density at radius 2 is 2.41 bits per heavy atom. The van der Waals surface area contributed by atoms with Crippen LogP contribution in [0.25, 0.3) is 0 Å². The molecule has 1 aliphatic rings. The summed E-state index contributed by atoms with van der Waals surface area (Å²) >= 11 is 5.70. The normalized spacial score (nSPS) is 20.4. The molecule has 1 atom stereocenters. The topological polar surface area (TPSA) is 59.2 Å². The van der Waals surface area contributed by atoms with Gasteiger partial charge in [-0.2, -0.15) is 0 Å². The molecule has 0 aromatic carbocycles. The molecule has 1 fully saturated rings. The number of nitrogens with two attached hydrogens (primary N) is 1. The molecule has 17 heavy (non-hydrogen) atoms. The molecule has 0 spiro atoms. The molecule has 2 heterocycles. The quantitative estimate of drug-likeness (QED) is 0.814. The molecule has 0 aliphatic carbocycles. The molecule has 1 amide bonds. The SMILES string of the molecule is NC[C@H]1CCCN(C(=O)c2ccc(Cl)nc2)C1. The molecule has 1 aromatic heterocycles. The zero-order chi connectivity index (χ0) is 12.3. The standard InChI is InChI=1S/C12H16ClN3O/c13-11-4-3-10(7-15-11)12(17)16-5-1-2-9(6-14)8-16/h3-4,7,9H,1-2,5-6,8,14H2/t9-/m1/s1. The fourth-order valence-corrected chi connectivity index (χ4v) is 2.24. The van der Waals surface area contributed by atoms with Gasteiger partial charge >= 0.3 is 0 Å². The third kappa shape index (κ3) is 2.96. The number of amides is 1. The van der Waals surface area contributed by atoms with E-state index in [1.807, 2.05) is 4.90 Å². The Bertz CT molecular complexity index is 393. The van der Waals surface area contributed by atoms with Crippen molar-refractivity contribution in [2.45, 2.75) is 12.8 Å². The maximum absolute atomic E-state index is 12.2. The molecule has 92 valence electrons. The number of nitrogens with zero attached hydrogens (tertiary/aromatic N) is 2. The predicted molar refractivity (Wildman–Crippen MR) is 66.9 cm³/mol. The first-order valence-electron chi connectivity index (χ1n) is 5.81. The van der Waals surface area contributed by atoms with Crippen molar-refractivity contribution >= 4 is 17.5 Å². The van der Waals surface area contributed by atoms with Crippen molar-refractivity contribution in [2.75, 3.05) is 19.6 Å². The molecule has 0 bridgehead atoms. The van der Waals surface area contributed by atoms with Gasteiger partial charge in [0.25, 0.3) is 5.91 Å². The van der Waals surface area contributed by atoms with Crippen LogP contribution in [0.15, 0.2) is 18.3 Å². The Morgan fingerprint density at radius 3 is 3.06 bits per heavy atom. The number of hydrogen-bond donors (Lipinski definition) is 1. The summed E-state index contributed by atoms with van der Waals surface area (Å²) in [5, 5.41) is 0.403. The summed E-state index contributed by atoms with van der Waals surface area (Å²) in [6, 6.07) is 3.35. The lowest BCUT2D eigenvalue weighted by molar-refractivity contribution is 0.0678. The summed E-state index contributed by atoms with van der Waals surface area (Å²) in [7, 11) is 0. The van der Waals surface area contributed by atoms with Crippen LogP contribution in [0.5, 0.6) is 0 Å². The molecule has 0 saturated carbocycles. The van der Waals surface area contributed by atoms with Gasteiger partial charge in [0.15, 0.2) is 0 Å². The van der Waals surface area contributed by atoms with Crippen LogP contribution >= 0.6 is 11.6 Å². The lowest BCUT2D eigenvalue weighted by atomic mass is 9.98. The van der Waals surface area contributed by atoms with Crippen LogP contribution in [0.3, 0.4) is 0 Å². The van der Waals surface area contributed by atoms with Gasteiger partial charge in [0.05, 0.1) is 5.56 Å². The summed E-state index contributed by atoms with van der Waals surface area (Å²) in [6.45, 7) is 2.19. The second-order valence-corrected chi connectivity index (χ2v) is 4.75. The Hall–Kier alpha value is -1.13. The van der Waals surface area contributed by atoms with Gasteiger partial charge in [0, 0.05) is 19.3 Å². The zero-order valence-electron chi connectivity index (χ0n) is 9.60. The van der Waals surface area contributed by atoms with Crippen molar-refractivity contribution in [1.82, 2.24) is 9.88 Å². The van der Waals surface area contributed by atoms with Crippen LogP contribution in [0.1, 0.15) is 23.2 Å². The van der Waals surface area contributed by atoms with Gasteiger partial charge in [0.1, 0.15) is 5.15 Å². The molecule has 5 heteroatoms. The third-order valence-electron chi connectivity index (χ3n) is 3.11. The molecular weight excluding hydrogens is 238 g/mol. The second kappa shape index (κ2) is 5.47. The van der Waals surface area contributed by atoms with Crippen LogP contribution in [0.4, 0.5) is 0 Å². The van der Waals surface area contributed by atoms with Gasteiger partial charge in [-0.05, 0) is 37.4 Å². The maximum atomic E-state index is 12.2. The first-order valence-corrected chi connectivity index (χ1v) is 6.19. The highest BCUT2D eigenvalue weighted by Gasteiger charge is 2.23. The highest BCUT2D eigenvalue weighted by molar-refractivity contribution is 6.29. The van der Waals surface area contributed by atoms with E-state index < -0.39 is 0 Å². The van der Waals surface area contributed by atoms with Crippen molar-refractivity contribution in [3.05, 3.63) is 29.0 Å². The molecule has 1 saturated heterocycles. The Kier molecular flexibility index (Phi) is 3.97. The van der Waals surface area contributed by atoms with Gasteiger partial charge < -0.3 is 10.6 Å². The van der Waals surface area contributed by atoms with Crippen molar-refractivity contribution in [3.63, 3.8) is 0 Å². The second-order valence-electron chi connectivity index (χ2n) is 4.36. The van der Waals surface area contributed by atoms with Gasteiger partial charge in [0.2, 0.25) is 0 Å². The Morgan fingerprint density at radius 1 is 1.59 bits per heavy atom. The van der Waals surface area contributed by atoms with Crippen LogP contribution in [0.2, 0.25) is 5.15 Å². The smallest absolute Gasteiger partial charge is 0.255 e. The van der Waals surface area contributed by atoms with Crippen molar-refractivity contribution in [3.8, 4) is 0 Å². The number of halogens is 1. The number of rotatable bonds is 2. The molecule has 0 unspecified atom stereocenters. The van der Waals surface area contributed by atoms with E-state index in [4.69, 9.17) is 17.3 Å². The average Bonchev–Trinajstić information content (AvgIpc) is 2.39. The third-order valence-corrected chi connectivity index (χ3v) is 3.34. The number of likely N-dealkylation sites (tertiary alicyclic amines) is 1. The van der Waals surface area contributed by atoms with E-state index in [-0.39, 0.29) is 5.91 Å². The number of piperidine rings is 1. The predicted octanol–water partition coefficient (Wildman–Crippen LogP) is 1.55. The van der Waals surface area contributed by atoms with E-state index in [1.165, 1.54) is 6.20 Å². The van der Waals surface area contributed by atoms with Gasteiger partial charge in [-0.25, -0.2) is 4.98 Å². The molecule has 4 nitrogen and oxygen atoms in total. The largest absolute Gasteiger partial charge is 0.338 e. The maximum Gasteiger partial charge on any atom is 0.255 e. The van der Waals surface area contributed by atoms with E-state index in [1.54, 1.807) is 12.1 Å². The van der Waals surface area contributed by atoms with Crippen LogP contribution in [0, 0.1) is 5.92 Å². The zero-order valence-corrected chi connectivity index (χ0v) is 10.4. The minimum absolute atomic E-state index is 0.0207. The summed E-state index contributed by atoms with van der Waals surface area (Å²) in [4.78, 5) is 18.0. The average molecular weight is 254 g/mol. The van der Waals surface area contributed by atoms with Crippen LogP contribution in [-0.4, -0.2) is 35.4 Å². The fraction of sp³-hybridized carbons (Fsp3) is 0.500. The lowest BCUT2D eigenvalue weighted by Crippen LogP contribution is -2.42. The first kappa shape index (κ1) is 12.3. The molecule has 0 radical (unpaired) electrons. The highest BCUT2D eigenvalue weighted by Crippen LogP contribution is 2.17. The van der Waals surface area contributed by atoms with E-state index in [0.29, 0.717) is 23.2 Å². The molecular formula is C12H16ClN3O. The molecule has 2 rings (SSSR count). The van der Waals surface area contributed by atoms with Gasteiger partial charge in [-0.15, -0.1) is 0 Å². The summed E-state index contributed by atoms with van der Waals surface area (Å²) in [5.74, 6) is 0.445. The minimum Gasteiger partial charge on any atom is -0.338 e. The Balaban J connectivity index is 2.06. The van der Waals surface area contributed by atoms with Gasteiger partial charge in [-0.3, -0.25) is 4.79 Å². The summed E-state index contributed by atoms with van der Waals surface area (Å²) in [6.07, 6.45) is 3.66. The van der Waals surface area contributed by atoms with E-state index >= 15 is 0 Å². The first-order chi connectivity index (χ1) is 8.20. The minimum atomic E-state index is 0.0207. The molecule has 1 aromatic rings. The number of pyridine rings is 1. The van der Waals surface area contributed by atoms with Gasteiger partial charge in [-0.1, -0.05) is 11.6 Å². The summed E-state index contributed by atoms with van der Waals surface area (Å²) < 4.78 is 0. The van der Waals surface area contributed by atoms with Crippen molar-refractivity contribution in [1.29, 1.82) is 0 Å².